The fourth-order valence-corrected chi connectivity index (χ4v) is 3.55. The van der Waals surface area contributed by atoms with E-state index < -0.39 is 0 Å². The third kappa shape index (κ3) is 4.04. The molecule has 1 aromatic rings. The Kier molecular flexibility index (Phi) is 5.00. The van der Waals surface area contributed by atoms with Crippen molar-refractivity contribution in [3.05, 3.63) is 51.8 Å². The Morgan fingerprint density at radius 3 is 2.81 bits per heavy atom. The van der Waals surface area contributed by atoms with E-state index in [4.69, 9.17) is 0 Å². The summed E-state index contributed by atoms with van der Waals surface area (Å²) in [7, 11) is 0. The molecule has 2 heteroatoms. The van der Waals surface area contributed by atoms with Gasteiger partial charge in [0.05, 0.1) is 0 Å². The highest BCUT2D eigenvalue weighted by molar-refractivity contribution is 7.10. The molecule has 0 saturated heterocycles. The van der Waals surface area contributed by atoms with Crippen molar-refractivity contribution in [1.29, 1.82) is 0 Å². The summed E-state index contributed by atoms with van der Waals surface area (Å²) in [6, 6.07) is 4.01. The summed E-state index contributed by atoms with van der Waals surface area (Å²) in [6.07, 6.45) is 10.4. The van der Waals surface area contributed by atoms with Crippen molar-refractivity contribution >= 4 is 23.2 Å². The summed E-state index contributed by atoms with van der Waals surface area (Å²) in [6.45, 7) is 8.70. The Labute approximate surface area is 132 Å². The Morgan fingerprint density at radius 1 is 1.43 bits per heavy atom. The van der Waals surface area contributed by atoms with Gasteiger partial charge >= 0.3 is 0 Å². The van der Waals surface area contributed by atoms with Crippen LogP contribution in [0.2, 0.25) is 0 Å². The SMILES string of the molecule is CC1=CCCC(C)(C)[C@@H]1/C=C(\C)C(=O)/C=C/c1cccs1. The molecule has 0 fully saturated rings. The average molecular weight is 300 g/mol. The lowest BCUT2D eigenvalue weighted by Gasteiger charge is -2.37. The highest BCUT2D eigenvalue weighted by atomic mass is 32.1. The molecule has 1 aliphatic carbocycles. The molecule has 0 bridgehead atoms. The van der Waals surface area contributed by atoms with E-state index in [0.29, 0.717) is 5.92 Å². The monoisotopic (exact) mass is 300 g/mol. The first-order chi connectivity index (χ1) is 9.90. The van der Waals surface area contributed by atoms with E-state index >= 15 is 0 Å². The molecule has 0 unspecified atom stereocenters. The predicted molar refractivity (Wildman–Crippen MR) is 92.4 cm³/mol. The molecule has 0 aliphatic heterocycles. The molecule has 0 aromatic carbocycles. The molecule has 0 radical (unpaired) electrons. The second-order valence-electron chi connectivity index (χ2n) is 6.52. The normalized spacial score (nSPS) is 22.4. The lowest BCUT2D eigenvalue weighted by atomic mass is 9.68. The van der Waals surface area contributed by atoms with Gasteiger partial charge in [-0.15, -0.1) is 11.3 Å². The van der Waals surface area contributed by atoms with Gasteiger partial charge in [0.15, 0.2) is 5.78 Å². The Bertz CT molecular complexity index is 585. The molecular formula is C19H24OS. The molecule has 112 valence electrons. The standard InChI is InChI=1S/C19H24OS/c1-14-7-5-11-19(3,4)17(14)13-15(2)18(20)10-9-16-8-6-12-21-16/h6-10,12-13,17H,5,11H2,1-4H3/b10-9+,15-13+/t17-/m1/s1. The minimum absolute atomic E-state index is 0.109. The lowest BCUT2D eigenvalue weighted by Crippen LogP contribution is -2.26. The zero-order valence-corrected chi connectivity index (χ0v) is 14.2. The third-order valence-electron chi connectivity index (χ3n) is 4.33. The molecule has 1 atom stereocenters. The smallest absolute Gasteiger partial charge is 0.181 e. The summed E-state index contributed by atoms with van der Waals surface area (Å²) in [5, 5.41) is 2.02. The van der Waals surface area contributed by atoms with Crippen LogP contribution in [0.25, 0.3) is 6.08 Å². The topological polar surface area (TPSA) is 17.1 Å². The highest BCUT2D eigenvalue weighted by Gasteiger charge is 2.31. The average Bonchev–Trinajstić information content (AvgIpc) is 2.93. The first-order valence-corrected chi connectivity index (χ1v) is 8.39. The molecule has 0 spiro atoms. The molecule has 21 heavy (non-hydrogen) atoms. The Balaban J connectivity index is 2.14. The van der Waals surface area contributed by atoms with E-state index in [1.807, 2.05) is 30.5 Å². The number of rotatable bonds is 4. The number of carbonyl (C=O) groups is 1. The van der Waals surface area contributed by atoms with Crippen molar-refractivity contribution in [1.82, 2.24) is 0 Å². The van der Waals surface area contributed by atoms with Crippen LogP contribution < -0.4 is 0 Å². The maximum atomic E-state index is 12.3. The van der Waals surface area contributed by atoms with Crippen LogP contribution in [0.4, 0.5) is 0 Å². The summed E-state index contributed by atoms with van der Waals surface area (Å²) in [5.74, 6) is 0.475. The molecule has 0 N–H and O–H groups in total. The van der Waals surface area contributed by atoms with Crippen LogP contribution in [-0.2, 0) is 4.79 Å². The van der Waals surface area contributed by atoms with Crippen molar-refractivity contribution in [3.8, 4) is 0 Å². The van der Waals surface area contributed by atoms with E-state index in [1.165, 1.54) is 12.0 Å². The third-order valence-corrected chi connectivity index (χ3v) is 5.17. The lowest BCUT2D eigenvalue weighted by molar-refractivity contribution is -0.111. The van der Waals surface area contributed by atoms with Gasteiger partial charge in [-0.2, -0.15) is 0 Å². The minimum Gasteiger partial charge on any atom is -0.290 e. The first-order valence-electron chi connectivity index (χ1n) is 7.51. The van der Waals surface area contributed by atoms with Gasteiger partial charge in [0.2, 0.25) is 0 Å². The number of thiophene rings is 1. The maximum absolute atomic E-state index is 12.3. The van der Waals surface area contributed by atoms with E-state index in [9.17, 15) is 4.79 Å². The van der Waals surface area contributed by atoms with Crippen molar-refractivity contribution in [2.45, 2.75) is 40.5 Å². The second-order valence-corrected chi connectivity index (χ2v) is 7.50. The van der Waals surface area contributed by atoms with Crippen molar-refractivity contribution in [2.75, 3.05) is 0 Å². The van der Waals surface area contributed by atoms with Crippen molar-refractivity contribution in [2.24, 2.45) is 11.3 Å². The fraction of sp³-hybridized carbons (Fsp3) is 0.421. The summed E-state index contributed by atoms with van der Waals surface area (Å²) in [4.78, 5) is 13.4. The van der Waals surface area contributed by atoms with Gasteiger partial charge in [0.25, 0.3) is 0 Å². The van der Waals surface area contributed by atoms with Gasteiger partial charge in [-0.1, -0.05) is 37.6 Å². The van der Waals surface area contributed by atoms with Crippen LogP contribution >= 0.6 is 11.3 Å². The van der Waals surface area contributed by atoms with Gasteiger partial charge in [-0.05, 0) is 61.3 Å². The molecule has 2 rings (SSSR count). The summed E-state index contributed by atoms with van der Waals surface area (Å²) >= 11 is 1.64. The summed E-state index contributed by atoms with van der Waals surface area (Å²) in [5.41, 5.74) is 2.47. The summed E-state index contributed by atoms with van der Waals surface area (Å²) < 4.78 is 0. The second kappa shape index (κ2) is 6.57. The van der Waals surface area contributed by atoms with E-state index in [1.54, 1.807) is 17.4 Å². The fourth-order valence-electron chi connectivity index (χ4n) is 2.94. The Morgan fingerprint density at radius 2 is 2.19 bits per heavy atom. The number of ketones is 1. The number of allylic oxidation sites excluding steroid dienone is 5. The molecule has 1 aromatic heterocycles. The van der Waals surface area contributed by atoms with Crippen LogP contribution in [0.3, 0.4) is 0 Å². The highest BCUT2D eigenvalue weighted by Crippen LogP contribution is 2.42. The van der Waals surface area contributed by atoms with E-state index in [2.05, 4.69) is 32.9 Å². The molecule has 1 aliphatic rings. The van der Waals surface area contributed by atoms with Crippen LogP contribution in [0.15, 0.2) is 46.9 Å². The van der Waals surface area contributed by atoms with E-state index in [0.717, 1.165) is 16.9 Å². The maximum Gasteiger partial charge on any atom is 0.181 e. The molecule has 0 amide bonds. The van der Waals surface area contributed by atoms with Gasteiger partial charge in [0.1, 0.15) is 0 Å². The van der Waals surface area contributed by atoms with Gasteiger partial charge < -0.3 is 0 Å². The van der Waals surface area contributed by atoms with Gasteiger partial charge in [-0.25, -0.2) is 0 Å². The van der Waals surface area contributed by atoms with Crippen molar-refractivity contribution < 1.29 is 4.79 Å². The largest absolute Gasteiger partial charge is 0.290 e. The number of hydrogen-bond donors (Lipinski definition) is 0. The molecule has 1 heterocycles. The Hall–Kier alpha value is -1.41. The van der Waals surface area contributed by atoms with Gasteiger partial charge in [0, 0.05) is 10.8 Å². The first kappa shape index (κ1) is 16.0. The molecule has 0 saturated carbocycles. The van der Waals surface area contributed by atoms with Crippen LogP contribution in [0, 0.1) is 11.3 Å². The van der Waals surface area contributed by atoms with Crippen LogP contribution in [0.1, 0.15) is 45.4 Å². The molecular weight excluding hydrogens is 276 g/mol. The quantitative estimate of drug-likeness (QED) is 0.518. The van der Waals surface area contributed by atoms with Crippen LogP contribution in [-0.4, -0.2) is 5.78 Å². The van der Waals surface area contributed by atoms with E-state index in [-0.39, 0.29) is 11.2 Å². The number of hydrogen-bond acceptors (Lipinski definition) is 2. The zero-order chi connectivity index (χ0) is 15.5. The van der Waals surface area contributed by atoms with Crippen molar-refractivity contribution in [3.63, 3.8) is 0 Å². The zero-order valence-electron chi connectivity index (χ0n) is 13.3. The van der Waals surface area contributed by atoms with Crippen LogP contribution in [0.5, 0.6) is 0 Å². The molecule has 1 nitrogen and oxygen atoms in total. The number of carbonyl (C=O) groups excluding carboxylic acids is 1. The van der Waals surface area contributed by atoms with Gasteiger partial charge in [-0.3, -0.25) is 4.79 Å². The predicted octanol–water partition coefficient (Wildman–Crippen LogP) is 5.66. The minimum atomic E-state index is 0.109.